The predicted molar refractivity (Wildman–Crippen MR) is 76.9 cm³/mol. The van der Waals surface area contributed by atoms with Crippen molar-refractivity contribution >= 4 is 27.5 Å². The summed E-state index contributed by atoms with van der Waals surface area (Å²) in [6.07, 6.45) is 1.15. The maximum absolute atomic E-state index is 12.2. The lowest BCUT2D eigenvalue weighted by atomic mass is 10.0. The van der Waals surface area contributed by atoms with Gasteiger partial charge in [-0.15, -0.1) is 0 Å². The topological polar surface area (TPSA) is 79.4 Å². The minimum absolute atomic E-state index is 0.0286. The average molecular weight is 320 g/mol. The van der Waals surface area contributed by atoms with Crippen LogP contribution < -0.4 is 4.72 Å². The summed E-state index contributed by atoms with van der Waals surface area (Å²) >= 11 is 5.62. The molecule has 6 nitrogen and oxygen atoms in total. The predicted octanol–water partition coefficient (Wildman–Crippen LogP) is 1.13. The highest BCUT2D eigenvalue weighted by Crippen LogP contribution is 2.14. The second-order valence-electron chi connectivity index (χ2n) is 4.89. The molecule has 20 heavy (non-hydrogen) atoms. The van der Waals surface area contributed by atoms with E-state index in [1.54, 1.807) is 27.9 Å². The third kappa shape index (κ3) is 4.16. The van der Waals surface area contributed by atoms with E-state index in [1.165, 1.54) is 17.0 Å². The van der Waals surface area contributed by atoms with Gasteiger partial charge in [-0.2, -0.15) is 4.72 Å². The number of nitrogens with one attached hydrogen (secondary N) is 1. The van der Waals surface area contributed by atoms with E-state index in [0.717, 1.165) is 6.20 Å². The fraction of sp³-hybridized carbons (Fsp3) is 0.500. The van der Waals surface area contributed by atoms with Crippen LogP contribution >= 0.6 is 11.6 Å². The molecule has 0 aromatic carbocycles. The zero-order chi connectivity index (χ0) is 15.5. The molecule has 8 heteroatoms. The van der Waals surface area contributed by atoms with Gasteiger partial charge in [-0.3, -0.25) is 4.79 Å². The molecule has 1 amide bonds. The zero-order valence-corrected chi connectivity index (χ0v) is 13.4. The van der Waals surface area contributed by atoms with Gasteiger partial charge < -0.3 is 4.90 Å². The molecule has 0 aliphatic carbocycles. The molecule has 1 N–H and O–H groups in total. The summed E-state index contributed by atoms with van der Waals surface area (Å²) in [6.45, 7) is 3.55. The Labute approximate surface area is 124 Å². The van der Waals surface area contributed by atoms with Crippen LogP contribution in [-0.2, 0) is 14.8 Å². The van der Waals surface area contributed by atoms with Crippen molar-refractivity contribution in [2.75, 3.05) is 14.1 Å². The van der Waals surface area contributed by atoms with Gasteiger partial charge in [0, 0.05) is 20.3 Å². The van der Waals surface area contributed by atoms with Crippen molar-refractivity contribution in [1.29, 1.82) is 0 Å². The van der Waals surface area contributed by atoms with Crippen molar-refractivity contribution in [3.05, 3.63) is 23.5 Å². The monoisotopic (exact) mass is 319 g/mol. The van der Waals surface area contributed by atoms with Crippen molar-refractivity contribution in [3.8, 4) is 0 Å². The van der Waals surface area contributed by atoms with Crippen LogP contribution in [0.25, 0.3) is 0 Å². The second kappa shape index (κ2) is 6.51. The van der Waals surface area contributed by atoms with Crippen molar-refractivity contribution < 1.29 is 13.2 Å². The first-order valence-electron chi connectivity index (χ1n) is 6.00. The highest BCUT2D eigenvalue weighted by Gasteiger charge is 2.29. The molecular weight excluding hydrogens is 302 g/mol. The molecule has 1 unspecified atom stereocenters. The number of rotatable bonds is 5. The quantitative estimate of drug-likeness (QED) is 0.825. The number of hydrogen-bond donors (Lipinski definition) is 1. The Morgan fingerprint density at radius 3 is 2.35 bits per heavy atom. The molecule has 1 atom stereocenters. The van der Waals surface area contributed by atoms with Gasteiger partial charge in [-0.1, -0.05) is 25.4 Å². The number of aromatic nitrogens is 1. The van der Waals surface area contributed by atoms with Crippen molar-refractivity contribution in [2.24, 2.45) is 5.92 Å². The van der Waals surface area contributed by atoms with Gasteiger partial charge in [0.2, 0.25) is 15.9 Å². The van der Waals surface area contributed by atoms with Crippen molar-refractivity contribution in [2.45, 2.75) is 24.8 Å². The van der Waals surface area contributed by atoms with E-state index in [2.05, 4.69) is 9.71 Å². The third-order valence-corrected chi connectivity index (χ3v) is 4.32. The molecular formula is C12H18ClN3O3S. The molecule has 112 valence electrons. The summed E-state index contributed by atoms with van der Waals surface area (Å²) in [6, 6.07) is 1.90. The van der Waals surface area contributed by atoms with Gasteiger partial charge in [-0.25, -0.2) is 13.4 Å². The molecule has 0 aliphatic heterocycles. The molecule has 1 aromatic heterocycles. The molecule has 1 aromatic rings. The highest BCUT2D eigenvalue weighted by atomic mass is 35.5. The molecule has 0 radical (unpaired) electrons. The number of hydrogen-bond acceptors (Lipinski definition) is 4. The zero-order valence-electron chi connectivity index (χ0n) is 11.8. The van der Waals surface area contributed by atoms with E-state index >= 15 is 0 Å². The van der Waals surface area contributed by atoms with E-state index in [4.69, 9.17) is 11.6 Å². The Morgan fingerprint density at radius 1 is 1.35 bits per heavy atom. The number of carbonyl (C=O) groups excluding carboxylic acids is 1. The number of amides is 1. The van der Waals surface area contributed by atoms with Crippen LogP contribution in [0.15, 0.2) is 23.2 Å². The minimum atomic E-state index is -3.82. The lowest BCUT2D eigenvalue weighted by molar-refractivity contribution is -0.131. The Hall–Kier alpha value is -1.18. The van der Waals surface area contributed by atoms with Gasteiger partial charge in [0.25, 0.3) is 0 Å². The van der Waals surface area contributed by atoms with E-state index in [0.29, 0.717) is 0 Å². The largest absolute Gasteiger partial charge is 0.347 e. The lowest BCUT2D eigenvalue weighted by Crippen LogP contribution is -2.49. The first-order chi connectivity index (χ1) is 9.15. The maximum Gasteiger partial charge on any atom is 0.242 e. The Kier molecular flexibility index (Phi) is 5.50. The van der Waals surface area contributed by atoms with Gasteiger partial charge in [0.15, 0.2) is 0 Å². The second-order valence-corrected chi connectivity index (χ2v) is 6.99. The molecule has 1 heterocycles. The fourth-order valence-corrected chi connectivity index (χ4v) is 2.90. The molecule has 0 saturated carbocycles. The summed E-state index contributed by atoms with van der Waals surface area (Å²) in [7, 11) is -0.660. The van der Waals surface area contributed by atoms with Gasteiger partial charge in [0.1, 0.15) is 16.1 Å². The summed E-state index contributed by atoms with van der Waals surface area (Å²) in [4.78, 5) is 17.1. The van der Waals surface area contributed by atoms with Crippen LogP contribution in [-0.4, -0.2) is 44.3 Å². The fourth-order valence-electron chi connectivity index (χ4n) is 1.51. The van der Waals surface area contributed by atoms with Crippen LogP contribution in [0.5, 0.6) is 0 Å². The molecule has 0 saturated heterocycles. The van der Waals surface area contributed by atoms with Crippen LogP contribution in [0.4, 0.5) is 0 Å². The summed E-state index contributed by atoms with van der Waals surface area (Å²) in [5, 5.41) is 0.203. The molecule has 0 aliphatic rings. The summed E-state index contributed by atoms with van der Waals surface area (Å²) < 4.78 is 26.8. The van der Waals surface area contributed by atoms with Gasteiger partial charge in [-0.05, 0) is 18.1 Å². The van der Waals surface area contributed by atoms with E-state index in [9.17, 15) is 13.2 Å². The van der Waals surface area contributed by atoms with Crippen LogP contribution in [0.2, 0.25) is 5.15 Å². The standard InChI is InChI=1S/C12H18ClN3O3S/c1-8(2)11(12(17)16(3)4)15-20(18,19)9-5-6-10(13)14-7-9/h5-8,11,15H,1-4H3. The number of carbonyl (C=O) groups is 1. The highest BCUT2D eigenvalue weighted by molar-refractivity contribution is 7.89. The number of sulfonamides is 1. The number of likely N-dealkylation sites (N-methyl/N-ethyl adjacent to an activating group) is 1. The third-order valence-electron chi connectivity index (χ3n) is 2.67. The number of halogens is 1. The first kappa shape index (κ1) is 16.9. The normalized spacial score (nSPS) is 13.3. The molecule has 0 bridgehead atoms. The number of nitrogens with zero attached hydrogens (tertiary/aromatic N) is 2. The minimum Gasteiger partial charge on any atom is -0.347 e. The Morgan fingerprint density at radius 2 is 1.95 bits per heavy atom. The van der Waals surface area contributed by atoms with Crippen molar-refractivity contribution in [1.82, 2.24) is 14.6 Å². The molecule has 1 rings (SSSR count). The van der Waals surface area contributed by atoms with Crippen LogP contribution in [0.1, 0.15) is 13.8 Å². The SMILES string of the molecule is CC(C)C(NS(=O)(=O)c1ccc(Cl)nc1)C(=O)N(C)C. The molecule has 0 spiro atoms. The van der Waals surface area contributed by atoms with E-state index < -0.39 is 16.1 Å². The lowest BCUT2D eigenvalue weighted by Gasteiger charge is -2.24. The maximum atomic E-state index is 12.2. The van der Waals surface area contributed by atoms with Crippen LogP contribution in [0.3, 0.4) is 0 Å². The van der Waals surface area contributed by atoms with E-state index in [1.807, 2.05) is 0 Å². The average Bonchev–Trinajstić information content (AvgIpc) is 2.35. The van der Waals surface area contributed by atoms with E-state index in [-0.39, 0.29) is 21.9 Å². The summed E-state index contributed by atoms with van der Waals surface area (Å²) in [5.74, 6) is -0.481. The smallest absolute Gasteiger partial charge is 0.242 e. The first-order valence-corrected chi connectivity index (χ1v) is 7.86. The Balaban J connectivity index is 3.03. The van der Waals surface area contributed by atoms with Gasteiger partial charge in [0.05, 0.1) is 0 Å². The molecule has 0 fully saturated rings. The summed E-state index contributed by atoms with van der Waals surface area (Å²) in [5.41, 5.74) is 0. The van der Waals surface area contributed by atoms with Gasteiger partial charge >= 0.3 is 0 Å². The Bertz CT molecular complexity index is 570. The number of pyridine rings is 1. The van der Waals surface area contributed by atoms with Crippen molar-refractivity contribution in [3.63, 3.8) is 0 Å². The van der Waals surface area contributed by atoms with Crippen LogP contribution in [0, 0.1) is 5.92 Å².